The van der Waals surface area contributed by atoms with Gasteiger partial charge in [-0.3, -0.25) is 4.79 Å². The van der Waals surface area contributed by atoms with Crippen molar-refractivity contribution in [1.82, 2.24) is 4.31 Å². The first kappa shape index (κ1) is 15.1. The lowest BCUT2D eigenvalue weighted by Gasteiger charge is -2.16. The Labute approximate surface area is 115 Å². The monoisotopic (exact) mass is 335 g/mol. The summed E-state index contributed by atoms with van der Waals surface area (Å²) in [5, 5.41) is 0. The van der Waals surface area contributed by atoms with Crippen LogP contribution in [0.4, 0.5) is 0 Å². The van der Waals surface area contributed by atoms with Crippen LogP contribution in [-0.4, -0.2) is 39.4 Å². The molecule has 0 aliphatic rings. The van der Waals surface area contributed by atoms with Gasteiger partial charge in [-0.25, -0.2) is 8.42 Å². The lowest BCUT2D eigenvalue weighted by molar-refractivity contribution is -0.140. The third kappa shape index (κ3) is 3.30. The highest BCUT2D eigenvalue weighted by atomic mass is 79.9. The highest BCUT2D eigenvalue weighted by Gasteiger charge is 2.23. The molecule has 0 bridgehead atoms. The zero-order valence-electron chi connectivity index (χ0n) is 10.3. The lowest BCUT2D eigenvalue weighted by atomic mass is 10.2. The second-order valence-corrected chi connectivity index (χ2v) is 6.65. The predicted octanol–water partition coefficient (Wildman–Crippen LogP) is 1.55. The molecule has 0 spiro atoms. The molecule has 0 aliphatic heterocycles. The SMILES string of the molecule is COC(=O)CN(C)S(=O)(=O)c1ccc(Br)c(C)c1. The van der Waals surface area contributed by atoms with Crippen molar-refractivity contribution in [1.29, 1.82) is 0 Å². The molecule has 0 saturated heterocycles. The molecule has 18 heavy (non-hydrogen) atoms. The molecule has 0 amide bonds. The molecule has 1 aromatic carbocycles. The number of hydrogen-bond acceptors (Lipinski definition) is 4. The second-order valence-electron chi connectivity index (χ2n) is 3.75. The third-order valence-electron chi connectivity index (χ3n) is 2.42. The smallest absolute Gasteiger partial charge is 0.321 e. The molecule has 0 fully saturated rings. The minimum absolute atomic E-state index is 0.148. The maximum absolute atomic E-state index is 12.1. The van der Waals surface area contributed by atoms with Gasteiger partial charge in [-0.1, -0.05) is 15.9 Å². The average molecular weight is 336 g/mol. The molecule has 0 aliphatic carbocycles. The fourth-order valence-corrected chi connectivity index (χ4v) is 2.74. The average Bonchev–Trinajstić information content (AvgIpc) is 2.32. The van der Waals surface area contributed by atoms with Gasteiger partial charge in [0.25, 0.3) is 0 Å². The number of halogens is 1. The molecular weight excluding hydrogens is 322 g/mol. The van der Waals surface area contributed by atoms with Gasteiger partial charge in [0.05, 0.1) is 12.0 Å². The number of likely N-dealkylation sites (N-methyl/N-ethyl adjacent to an activating group) is 1. The van der Waals surface area contributed by atoms with E-state index in [0.717, 1.165) is 14.3 Å². The van der Waals surface area contributed by atoms with Crippen molar-refractivity contribution in [3.05, 3.63) is 28.2 Å². The summed E-state index contributed by atoms with van der Waals surface area (Å²) >= 11 is 3.30. The van der Waals surface area contributed by atoms with Crippen LogP contribution in [-0.2, 0) is 19.6 Å². The van der Waals surface area contributed by atoms with E-state index in [4.69, 9.17) is 0 Å². The summed E-state index contributed by atoms with van der Waals surface area (Å²) < 4.78 is 30.5. The number of ether oxygens (including phenoxy) is 1. The first-order chi connectivity index (χ1) is 8.28. The first-order valence-electron chi connectivity index (χ1n) is 5.08. The van der Waals surface area contributed by atoms with Gasteiger partial charge in [0, 0.05) is 11.5 Å². The van der Waals surface area contributed by atoms with Crippen LogP contribution in [0.3, 0.4) is 0 Å². The predicted molar refractivity (Wildman–Crippen MR) is 70.7 cm³/mol. The molecule has 5 nitrogen and oxygen atoms in total. The number of benzene rings is 1. The van der Waals surface area contributed by atoms with Gasteiger partial charge < -0.3 is 4.74 Å². The number of sulfonamides is 1. The summed E-state index contributed by atoms with van der Waals surface area (Å²) in [6.07, 6.45) is 0. The molecule has 0 radical (unpaired) electrons. The van der Waals surface area contributed by atoms with Crippen molar-refractivity contribution < 1.29 is 17.9 Å². The van der Waals surface area contributed by atoms with Crippen LogP contribution in [0.1, 0.15) is 5.56 Å². The summed E-state index contributed by atoms with van der Waals surface area (Å²) in [6.45, 7) is 1.48. The number of aryl methyl sites for hydroxylation is 1. The summed E-state index contributed by atoms with van der Waals surface area (Å²) in [6, 6.07) is 4.70. The Bertz CT molecular complexity index is 556. The Balaban J connectivity index is 3.05. The Morgan fingerprint density at radius 2 is 2.06 bits per heavy atom. The molecule has 100 valence electrons. The van der Waals surface area contributed by atoms with Crippen LogP contribution < -0.4 is 0 Å². The Morgan fingerprint density at radius 3 is 2.56 bits per heavy atom. The number of carbonyl (C=O) groups excluding carboxylic acids is 1. The van der Waals surface area contributed by atoms with Gasteiger partial charge >= 0.3 is 5.97 Å². The molecular formula is C11H14BrNO4S. The normalized spacial score (nSPS) is 11.6. The Hall–Kier alpha value is -0.920. The van der Waals surface area contributed by atoms with Crippen LogP contribution in [0, 0.1) is 6.92 Å². The van der Waals surface area contributed by atoms with Crippen molar-refractivity contribution in [2.24, 2.45) is 0 Å². The Kier molecular flexibility index (Phi) is 4.89. The van der Waals surface area contributed by atoms with Crippen LogP contribution >= 0.6 is 15.9 Å². The fraction of sp³-hybridized carbons (Fsp3) is 0.364. The number of rotatable bonds is 4. The van der Waals surface area contributed by atoms with Crippen LogP contribution in [0.15, 0.2) is 27.6 Å². The van der Waals surface area contributed by atoms with Gasteiger partial charge in [-0.2, -0.15) is 4.31 Å². The standard InChI is InChI=1S/C11H14BrNO4S/c1-8-6-9(4-5-10(8)12)18(15,16)13(2)7-11(14)17-3/h4-6H,7H2,1-3H3. The summed E-state index contributed by atoms with van der Waals surface area (Å²) in [5.41, 5.74) is 0.808. The highest BCUT2D eigenvalue weighted by Crippen LogP contribution is 2.21. The summed E-state index contributed by atoms with van der Waals surface area (Å²) in [7, 11) is -1.12. The molecule has 0 heterocycles. The zero-order chi connectivity index (χ0) is 13.9. The van der Waals surface area contributed by atoms with E-state index in [1.165, 1.54) is 20.2 Å². The van der Waals surface area contributed by atoms with Gasteiger partial charge in [0.15, 0.2) is 0 Å². The minimum Gasteiger partial charge on any atom is -0.468 e. The van der Waals surface area contributed by atoms with Crippen LogP contribution in [0.2, 0.25) is 0 Å². The number of nitrogens with zero attached hydrogens (tertiary/aromatic N) is 1. The number of hydrogen-bond donors (Lipinski definition) is 0. The molecule has 7 heteroatoms. The number of methoxy groups -OCH3 is 1. The van der Waals surface area contributed by atoms with Crippen molar-refractivity contribution in [3.8, 4) is 0 Å². The first-order valence-corrected chi connectivity index (χ1v) is 7.31. The van der Waals surface area contributed by atoms with Gasteiger partial charge in [0.1, 0.15) is 6.54 Å². The zero-order valence-corrected chi connectivity index (χ0v) is 12.7. The van der Waals surface area contributed by atoms with E-state index in [0.29, 0.717) is 0 Å². The van der Waals surface area contributed by atoms with Crippen molar-refractivity contribution in [2.45, 2.75) is 11.8 Å². The van der Waals surface area contributed by atoms with Crippen molar-refractivity contribution in [2.75, 3.05) is 20.7 Å². The van der Waals surface area contributed by atoms with Crippen molar-refractivity contribution >= 4 is 31.9 Å². The van der Waals surface area contributed by atoms with Gasteiger partial charge in [0.2, 0.25) is 10.0 Å². The van der Waals surface area contributed by atoms with E-state index < -0.39 is 16.0 Å². The summed E-state index contributed by atoms with van der Waals surface area (Å²) in [5.74, 6) is -0.602. The topological polar surface area (TPSA) is 63.7 Å². The molecule has 1 rings (SSSR count). The van der Waals surface area contributed by atoms with Gasteiger partial charge in [-0.05, 0) is 30.7 Å². The molecule has 1 aromatic rings. The van der Waals surface area contributed by atoms with E-state index >= 15 is 0 Å². The minimum atomic E-state index is -3.67. The van der Waals surface area contributed by atoms with Crippen LogP contribution in [0.25, 0.3) is 0 Å². The quantitative estimate of drug-likeness (QED) is 0.783. The van der Waals surface area contributed by atoms with E-state index in [-0.39, 0.29) is 11.4 Å². The largest absolute Gasteiger partial charge is 0.468 e. The maximum atomic E-state index is 12.1. The molecule has 0 N–H and O–H groups in total. The molecule has 0 saturated carbocycles. The summed E-state index contributed by atoms with van der Waals surface area (Å²) in [4.78, 5) is 11.2. The third-order valence-corrected chi connectivity index (χ3v) is 5.11. The van der Waals surface area contributed by atoms with Crippen LogP contribution in [0.5, 0.6) is 0 Å². The maximum Gasteiger partial charge on any atom is 0.321 e. The number of carbonyl (C=O) groups is 1. The lowest BCUT2D eigenvalue weighted by Crippen LogP contribution is -2.32. The molecule has 0 atom stereocenters. The van der Waals surface area contributed by atoms with E-state index in [1.807, 2.05) is 0 Å². The second kappa shape index (κ2) is 5.81. The van der Waals surface area contributed by atoms with Crippen molar-refractivity contribution in [3.63, 3.8) is 0 Å². The fourth-order valence-electron chi connectivity index (χ4n) is 1.29. The van der Waals surface area contributed by atoms with E-state index in [1.54, 1.807) is 19.1 Å². The molecule has 0 aromatic heterocycles. The highest BCUT2D eigenvalue weighted by molar-refractivity contribution is 9.10. The van der Waals surface area contributed by atoms with E-state index in [9.17, 15) is 13.2 Å². The molecule has 0 unspecified atom stereocenters. The van der Waals surface area contributed by atoms with E-state index in [2.05, 4.69) is 20.7 Å². The van der Waals surface area contributed by atoms with Gasteiger partial charge in [-0.15, -0.1) is 0 Å². The number of esters is 1. The Morgan fingerprint density at radius 1 is 1.44 bits per heavy atom.